The van der Waals surface area contributed by atoms with E-state index in [1.807, 2.05) is 24.3 Å². The van der Waals surface area contributed by atoms with E-state index in [-0.39, 0.29) is 6.03 Å². The van der Waals surface area contributed by atoms with E-state index < -0.39 is 5.79 Å². The van der Waals surface area contributed by atoms with Gasteiger partial charge in [-0.3, -0.25) is 0 Å². The van der Waals surface area contributed by atoms with Crippen LogP contribution in [0.25, 0.3) is 11.0 Å². The molecule has 7 nitrogen and oxygen atoms in total. The Morgan fingerprint density at radius 3 is 2.62 bits per heavy atom. The van der Waals surface area contributed by atoms with Gasteiger partial charge in [0.25, 0.3) is 0 Å². The molecule has 0 radical (unpaired) electrons. The molecule has 7 heteroatoms. The molecule has 2 fully saturated rings. The number of carbonyl (C=O) groups excluding carboxylic acids is 1. The fourth-order valence-corrected chi connectivity index (χ4v) is 2.97. The number of hydrogen-bond donors (Lipinski definition) is 0. The van der Waals surface area contributed by atoms with Crippen molar-refractivity contribution in [3.05, 3.63) is 24.3 Å². The number of likely N-dealkylation sites (tertiary alicyclic amines) is 1. The standard InChI is InChI=1S/C14H16N4O3/c19-13(18-12-4-2-1-3-11(12)15-16-18)17-7-5-14(6-8-17)20-9-10-21-14/h1-4H,5-10H2. The molecule has 0 unspecified atom stereocenters. The second kappa shape index (κ2) is 4.78. The lowest BCUT2D eigenvalue weighted by Crippen LogP contribution is -2.48. The van der Waals surface area contributed by atoms with E-state index in [1.165, 1.54) is 4.68 Å². The molecular formula is C14H16N4O3. The van der Waals surface area contributed by atoms with Crippen LogP contribution >= 0.6 is 0 Å². The normalized spacial score (nSPS) is 21.2. The molecule has 21 heavy (non-hydrogen) atoms. The summed E-state index contributed by atoms with van der Waals surface area (Å²) in [7, 11) is 0. The fourth-order valence-electron chi connectivity index (χ4n) is 2.97. The first-order valence-corrected chi connectivity index (χ1v) is 7.15. The minimum Gasteiger partial charge on any atom is -0.347 e. The maximum absolute atomic E-state index is 12.6. The van der Waals surface area contributed by atoms with Gasteiger partial charge in [0.1, 0.15) is 5.52 Å². The summed E-state index contributed by atoms with van der Waals surface area (Å²) in [5, 5.41) is 7.99. The Morgan fingerprint density at radius 1 is 1.14 bits per heavy atom. The molecule has 2 aliphatic heterocycles. The molecule has 0 bridgehead atoms. The van der Waals surface area contributed by atoms with Crippen molar-refractivity contribution in [1.82, 2.24) is 19.9 Å². The highest BCUT2D eigenvalue weighted by atomic mass is 16.7. The first-order chi connectivity index (χ1) is 10.3. The van der Waals surface area contributed by atoms with Gasteiger partial charge in [-0.2, -0.15) is 4.68 Å². The van der Waals surface area contributed by atoms with Crippen LogP contribution in [0.2, 0.25) is 0 Å². The summed E-state index contributed by atoms with van der Waals surface area (Å²) in [5.41, 5.74) is 1.46. The number of amides is 1. The lowest BCUT2D eigenvalue weighted by Gasteiger charge is -2.37. The Hall–Kier alpha value is -1.99. The summed E-state index contributed by atoms with van der Waals surface area (Å²) < 4.78 is 12.7. The molecule has 1 aromatic carbocycles. The van der Waals surface area contributed by atoms with Gasteiger partial charge in [0.15, 0.2) is 5.79 Å². The third-order valence-electron chi connectivity index (χ3n) is 4.14. The zero-order valence-corrected chi connectivity index (χ0v) is 11.6. The maximum atomic E-state index is 12.6. The summed E-state index contributed by atoms with van der Waals surface area (Å²) in [4.78, 5) is 14.4. The van der Waals surface area contributed by atoms with Crippen molar-refractivity contribution < 1.29 is 14.3 Å². The fraction of sp³-hybridized carbons (Fsp3) is 0.500. The van der Waals surface area contributed by atoms with Crippen LogP contribution in [-0.4, -0.2) is 58.0 Å². The lowest BCUT2D eigenvalue weighted by molar-refractivity contribution is -0.181. The summed E-state index contributed by atoms with van der Waals surface area (Å²) in [5.74, 6) is -0.471. The first kappa shape index (κ1) is 12.7. The van der Waals surface area contributed by atoms with Crippen LogP contribution in [0.15, 0.2) is 24.3 Å². The molecule has 1 aromatic heterocycles. The van der Waals surface area contributed by atoms with Crippen LogP contribution in [0.5, 0.6) is 0 Å². The highest BCUT2D eigenvalue weighted by Crippen LogP contribution is 2.31. The van der Waals surface area contributed by atoms with Crippen molar-refractivity contribution in [3.63, 3.8) is 0 Å². The largest absolute Gasteiger partial charge is 0.347 e. The van der Waals surface area contributed by atoms with Gasteiger partial charge in [-0.1, -0.05) is 17.3 Å². The van der Waals surface area contributed by atoms with Crippen LogP contribution in [0, 0.1) is 0 Å². The van der Waals surface area contributed by atoms with E-state index in [9.17, 15) is 4.79 Å². The van der Waals surface area contributed by atoms with E-state index in [0.717, 1.165) is 11.0 Å². The van der Waals surface area contributed by atoms with Crippen molar-refractivity contribution in [2.24, 2.45) is 0 Å². The molecule has 2 saturated heterocycles. The Bertz CT molecular complexity index is 668. The van der Waals surface area contributed by atoms with Crippen LogP contribution in [0.1, 0.15) is 12.8 Å². The molecule has 1 spiro atoms. The number of fused-ring (bicyclic) bond motifs is 1. The van der Waals surface area contributed by atoms with Crippen LogP contribution in [0.3, 0.4) is 0 Å². The second-order valence-electron chi connectivity index (χ2n) is 5.37. The van der Waals surface area contributed by atoms with Gasteiger partial charge in [0.05, 0.1) is 18.7 Å². The van der Waals surface area contributed by atoms with Gasteiger partial charge in [0, 0.05) is 25.9 Å². The summed E-state index contributed by atoms with van der Waals surface area (Å²) in [6.45, 7) is 2.49. The molecule has 0 saturated carbocycles. The van der Waals surface area contributed by atoms with Gasteiger partial charge in [0.2, 0.25) is 0 Å². The van der Waals surface area contributed by atoms with Crippen molar-refractivity contribution in [1.29, 1.82) is 0 Å². The van der Waals surface area contributed by atoms with Gasteiger partial charge in [-0.25, -0.2) is 4.79 Å². The minimum atomic E-state index is -0.471. The summed E-state index contributed by atoms with van der Waals surface area (Å²) in [6, 6.07) is 7.31. The highest BCUT2D eigenvalue weighted by molar-refractivity contribution is 5.87. The topological polar surface area (TPSA) is 69.5 Å². The Morgan fingerprint density at radius 2 is 1.86 bits per heavy atom. The number of nitrogens with zero attached hydrogens (tertiary/aromatic N) is 4. The molecule has 2 aliphatic rings. The molecule has 2 aromatic rings. The average molecular weight is 288 g/mol. The molecular weight excluding hydrogens is 272 g/mol. The third-order valence-corrected chi connectivity index (χ3v) is 4.14. The predicted molar refractivity (Wildman–Crippen MR) is 73.8 cm³/mol. The lowest BCUT2D eigenvalue weighted by atomic mass is 10.0. The average Bonchev–Trinajstić information content (AvgIpc) is 3.15. The van der Waals surface area contributed by atoms with Crippen LogP contribution in [-0.2, 0) is 9.47 Å². The second-order valence-corrected chi connectivity index (χ2v) is 5.37. The Balaban J connectivity index is 1.53. The maximum Gasteiger partial charge on any atom is 0.346 e. The Kier molecular flexibility index (Phi) is 2.90. The van der Waals surface area contributed by atoms with E-state index in [0.29, 0.717) is 39.1 Å². The quantitative estimate of drug-likeness (QED) is 0.729. The van der Waals surface area contributed by atoms with Crippen molar-refractivity contribution >= 4 is 17.1 Å². The number of aromatic nitrogens is 3. The molecule has 110 valence electrons. The smallest absolute Gasteiger partial charge is 0.346 e. The van der Waals surface area contributed by atoms with Crippen molar-refractivity contribution in [2.45, 2.75) is 18.6 Å². The molecule has 3 heterocycles. The molecule has 1 amide bonds. The summed E-state index contributed by atoms with van der Waals surface area (Å²) >= 11 is 0. The van der Waals surface area contributed by atoms with Crippen molar-refractivity contribution in [2.75, 3.05) is 26.3 Å². The first-order valence-electron chi connectivity index (χ1n) is 7.15. The number of para-hydroxylation sites is 1. The molecule has 0 atom stereocenters. The molecule has 0 N–H and O–H groups in total. The number of carbonyl (C=O) groups is 1. The number of benzene rings is 1. The minimum absolute atomic E-state index is 0.142. The third kappa shape index (κ3) is 2.09. The number of hydrogen-bond acceptors (Lipinski definition) is 5. The predicted octanol–water partition coefficient (Wildman–Crippen LogP) is 1.24. The van der Waals surface area contributed by atoms with E-state index in [1.54, 1.807) is 4.90 Å². The molecule has 0 aliphatic carbocycles. The summed E-state index contributed by atoms with van der Waals surface area (Å²) in [6.07, 6.45) is 1.40. The highest BCUT2D eigenvalue weighted by Gasteiger charge is 2.41. The number of rotatable bonds is 0. The molecule has 4 rings (SSSR count). The van der Waals surface area contributed by atoms with Gasteiger partial charge < -0.3 is 14.4 Å². The van der Waals surface area contributed by atoms with Gasteiger partial charge in [-0.05, 0) is 12.1 Å². The van der Waals surface area contributed by atoms with E-state index >= 15 is 0 Å². The van der Waals surface area contributed by atoms with Crippen LogP contribution < -0.4 is 0 Å². The van der Waals surface area contributed by atoms with E-state index in [4.69, 9.17) is 9.47 Å². The van der Waals surface area contributed by atoms with Crippen molar-refractivity contribution in [3.8, 4) is 0 Å². The zero-order chi connectivity index (χ0) is 14.3. The van der Waals surface area contributed by atoms with Gasteiger partial charge in [-0.15, -0.1) is 5.10 Å². The zero-order valence-electron chi connectivity index (χ0n) is 11.6. The monoisotopic (exact) mass is 288 g/mol. The van der Waals surface area contributed by atoms with E-state index in [2.05, 4.69) is 10.3 Å². The number of ether oxygens (including phenoxy) is 2. The number of piperidine rings is 1. The Labute approximate surface area is 121 Å². The van der Waals surface area contributed by atoms with Gasteiger partial charge >= 0.3 is 6.03 Å². The van der Waals surface area contributed by atoms with Crippen LogP contribution in [0.4, 0.5) is 4.79 Å². The SMILES string of the molecule is O=C(N1CCC2(CC1)OCCO2)n1nnc2ccccc21.